The number of para-hydroxylation sites is 1. The number of hydrogen-bond donors (Lipinski definition) is 1. The number of sulfonamides is 1. The number of carbonyl (C=O) groups excluding carboxylic acids is 1. The normalized spacial score (nSPS) is 20.0. The highest BCUT2D eigenvalue weighted by molar-refractivity contribution is 7.89. The van der Waals surface area contributed by atoms with Crippen LogP contribution in [0.15, 0.2) is 59.6 Å². The molecule has 10 heteroatoms. The third-order valence-corrected chi connectivity index (χ3v) is 9.40. The average Bonchev–Trinajstić information content (AvgIpc) is 3.14. The predicted octanol–water partition coefficient (Wildman–Crippen LogP) is 2.80. The Labute approximate surface area is 217 Å². The number of nitrogens with one attached hydrogen (secondary N) is 1. The van der Waals surface area contributed by atoms with Crippen LogP contribution in [-0.4, -0.2) is 74.1 Å². The molecule has 3 aromatic rings. The largest absolute Gasteiger partial charge is 0.493 e. The van der Waals surface area contributed by atoms with E-state index in [1.165, 1.54) is 4.31 Å². The van der Waals surface area contributed by atoms with Crippen LogP contribution in [-0.2, 0) is 21.2 Å². The van der Waals surface area contributed by atoms with Gasteiger partial charge in [-0.15, -0.1) is 0 Å². The molecule has 1 aromatic heterocycles. The van der Waals surface area contributed by atoms with Crippen molar-refractivity contribution in [2.24, 2.45) is 0 Å². The molecule has 0 aliphatic carbocycles. The molecule has 1 atom stereocenters. The minimum absolute atomic E-state index is 0.0371. The summed E-state index contributed by atoms with van der Waals surface area (Å²) in [6, 6.07) is 14.3. The number of carbonyl (C=O) groups is 1. The summed E-state index contributed by atoms with van der Waals surface area (Å²) in [5.41, 5.74) is 0.934. The summed E-state index contributed by atoms with van der Waals surface area (Å²) in [6.45, 7) is 3.01. The second-order valence-corrected chi connectivity index (χ2v) is 11.5. The van der Waals surface area contributed by atoms with Gasteiger partial charge in [0.15, 0.2) is 11.5 Å². The van der Waals surface area contributed by atoms with Gasteiger partial charge in [-0.3, -0.25) is 15.1 Å². The summed E-state index contributed by atoms with van der Waals surface area (Å²) in [5.74, 6) is 1.34. The number of aromatic nitrogens is 1. The molecule has 5 rings (SSSR count). The van der Waals surface area contributed by atoms with Crippen molar-refractivity contribution in [3.63, 3.8) is 0 Å². The Morgan fingerprint density at radius 1 is 1.05 bits per heavy atom. The van der Waals surface area contributed by atoms with E-state index in [4.69, 9.17) is 9.47 Å². The van der Waals surface area contributed by atoms with Crippen LogP contribution in [0.25, 0.3) is 10.9 Å². The van der Waals surface area contributed by atoms with E-state index in [0.29, 0.717) is 55.9 Å². The molecule has 1 unspecified atom stereocenters. The summed E-state index contributed by atoms with van der Waals surface area (Å²) in [6.07, 6.45) is 3.27. The van der Waals surface area contributed by atoms with Gasteiger partial charge in [0.1, 0.15) is 4.90 Å². The van der Waals surface area contributed by atoms with Crippen LogP contribution < -0.4 is 14.8 Å². The Morgan fingerprint density at radius 2 is 1.78 bits per heavy atom. The Hall–Kier alpha value is -3.21. The highest BCUT2D eigenvalue weighted by atomic mass is 32.2. The maximum Gasteiger partial charge on any atom is 0.245 e. The van der Waals surface area contributed by atoms with Crippen molar-refractivity contribution >= 4 is 26.8 Å². The van der Waals surface area contributed by atoms with Crippen molar-refractivity contribution in [2.45, 2.75) is 42.8 Å². The molecule has 0 saturated carbocycles. The number of piperidine rings is 1. The van der Waals surface area contributed by atoms with E-state index in [1.807, 2.05) is 42.2 Å². The first-order valence-electron chi connectivity index (χ1n) is 12.4. The van der Waals surface area contributed by atoms with E-state index in [-0.39, 0.29) is 16.8 Å². The molecule has 0 radical (unpaired) electrons. The first kappa shape index (κ1) is 25.4. The molecular formula is C27H32N4O5S. The Balaban J connectivity index is 1.33. The molecule has 37 heavy (non-hydrogen) atoms. The van der Waals surface area contributed by atoms with Crippen molar-refractivity contribution in [1.82, 2.24) is 19.5 Å². The average molecular weight is 525 g/mol. The third kappa shape index (κ3) is 4.54. The summed E-state index contributed by atoms with van der Waals surface area (Å²) in [5, 5.41) is 4.27. The third-order valence-electron chi connectivity index (χ3n) is 7.47. The van der Waals surface area contributed by atoms with Crippen LogP contribution in [0, 0.1) is 0 Å². The topological polar surface area (TPSA) is 101 Å². The number of nitrogens with zero attached hydrogens (tertiary/aromatic N) is 3. The lowest BCUT2D eigenvalue weighted by molar-refractivity contribution is -0.132. The fourth-order valence-corrected chi connectivity index (χ4v) is 7.13. The number of benzene rings is 2. The zero-order chi connectivity index (χ0) is 26.2. The Morgan fingerprint density at radius 3 is 2.51 bits per heavy atom. The van der Waals surface area contributed by atoms with Gasteiger partial charge in [-0.05, 0) is 56.0 Å². The number of hydrogen-bond acceptors (Lipinski definition) is 7. The molecule has 2 saturated heterocycles. The molecule has 1 amide bonds. The van der Waals surface area contributed by atoms with E-state index < -0.39 is 15.7 Å². The van der Waals surface area contributed by atoms with E-state index >= 15 is 0 Å². The lowest BCUT2D eigenvalue weighted by Crippen LogP contribution is -2.59. The lowest BCUT2D eigenvalue weighted by Gasteiger charge is -2.44. The van der Waals surface area contributed by atoms with Crippen LogP contribution in [0.5, 0.6) is 11.5 Å². The summed E-state index contributed by atoms with van der Waals surface area (Å²) >= 11 is 0. The molecule has 9 nitrogen and oxygen atoms in total. The predicted molar refractivity (Wildman–Crippen MR) is 140 cm³/mol. The van der Waals surface area contributed by atoms with Crippen molar-refractivity contribution in [2.75, 3.05) is 33.9 Å². The number of fused-ring (bicyclic) bond motifs is 1. The molecular weight excluding hydrogens is 492 g/mol. The molecule has 2 aliphatic rings. The summed E-state index contributed by atoms with van der Waals surface area (Å²) in [7, 11) is -0.538. The van der Waals surface area contributed by atoms with Crippen LogP contribution in [0.2, 0.25) is 0 Å². The van der Waals surface area contributed by atoms with Gasteiger partial charge in [-0.1, -0.05) is 24.3 Å². The molecule has 2 fully saturated rings. The van der Waals surface area contributed by atoms with Crippen molar-refractivity contribution in [3.05, 3.63) is 60.3 Å². The van der Waals surface area contributed by atoms with Crippen molar-refractivity contribution in [3.8, 4) is 11.5 Å². The van der Waals surface area contributed by atoms with E-state index in [2.05, 4.69) is 10.3 Å². The van der Waals surface area contributed by atoms with Crippen LogP contribution in [0.1, 0.15) is 25.3 Å². The highest BCUT2D eigenvalue weighted by Gasteiger charge is 2.51. The first-order valence-corrected chi connectivity index (χ1v) is 13.9. The Kier molecular flexibility index (Phi) is 6.82. The van der Waals surface area contributed by atoms with Gasteiger partial charge in [0.2, 0.25) is 15.9 Å². The Bertz CT molecular complexity index is 1410. The second kappa shape index (κ2) is 9.92. The molecule has 0 bridgehead atoms. The smallest absolute Gasteiger partial charge is 0.245 e. The number of ether oxygens (including phenoxy) is 2. The first-order chi connectivity index (χ1) is 17.8. The quantitative estimate of drug-likeness (QED) is 0.507. The van der Waals surface area contributed by atoms with Gasteiger partial charge in [-0.2, -0.15) is 4.31 Å². The maximum absolute atomic E-state index is 13.6. The molecule has 2 aliphatic heterocycles. The van der Waals surface area contributed by atoms with Gasteiger partial charge >= 0.3 is 0 Å². The zero-order valence-corrected chi connectivity index (χ0v) is 22.1. The van der Waals surface area contributed by atoms with Gasteiger partial charge in [0.05, 0.1) is 31.4 Å². The number of amides is 1. The number of rotatable bonds is 7. The van der Waals surface area contributed by atoms with Gasteiger partial charge in [0.25, 0.3) is 0 Å². The van der Waals surface area contributed by atoms with Gasteiger partial charge in [0, 0.05) is 31.2 Å². The lowest BCUT2D eigenvalue weighted by atomic mass is 9.96. The van der Waals surface area contributed by atoms with E-state index in [9.17, 15) is 13.2 Å². The maximum atomic E-state index is 13.6. The molecule has 2 aromatic carbocycles. The fourth-order valence-electron chi connectivity index (χ4n) is 5.52. The standard InChI is InChI=1S/C27H32N4O5S/c1-19-26(32)31(15-11-20-9-10-22(35-2)23(18-20)36-3)27(29-19)12-16-30(17-13-27)37(33,34)24-8-4-6-21-7-5-14-28-25(21)24/h4-10,14,18-19,29H,11-13,15-17H2,1-3H3. The summed E-state index contributed by atoms with van der Waals surface area (Å²) in [4.78, 5) is 19.6. The SMILES string of the molecule is COc1ccc(CCN2C(=O)C(C)NC23CCN(S(=O)(=O)c2cccc4cccnc24)CC3)cc1OC. The minimum atomic E-state index is -3.74. The number of methoxy groups -OCH3 is 2. The van der Waals surface area contributed by atoms with Crippen LogP contribution in [0.3, 0.4) is 0 Å². The van der Waals surface area contributed by atoms with Crippen LogP contribution in [0.4, 0.5) is 0 Å². The van der Waals surface area contributed by atoms with Crippen molar-refractivity contribution in [1.29, 1.82) is 0 Å². The molecule has 1 spiro atoms. The van der Waals surface area contributed by atoms with Crippen molar-refractivity contribution < 1.29 is 22.7 Å². The van der Waals surface area contributed by atoms with E-state index in [0.717, 1.165) is 10.9 Å². The molecule has 1 N–H and O–H groups in total. The van der Waals surface area contributed by atoms with Gasteiger partial charge < -0.3 is 14.4 Å². The fraction of sp³-hybridized carbons (Fsp3) is 0.407. The monoisotopic (exact) mass is 524 g/mol. The van der Waals surface area contributed by atoms with E-state index in [1.54, 1.807) is 38.6 Å². The zero-order valence-electron chi connectivity index (χ0n) is 21.3. The molecule has 196 valence electrons. The molecule has 3 heterocycles. The minimum Gasteiger partial charge on any atom is -0.493 e. The number of pyridine rings is 1. The highest BCUT2D eigenvalue weighted by Crippen LogP contribution is 2.36. The van der Waals surface area contributed by atoms with Crippen LogP contribution >= 0.6 is 0 Å². The second-order valence-electron chi connectivity index (χ2n) is 9.56. The summed E-state index contributed by atoms with van der Waals surface area (Å²) < 4.78 is 39.5. The van der Waals surface area contributed by atoms with Gasteiger partial charge in [-0.25, -0.2) is 8.42 Å².